The average Bonchev–Trinajstić information content (AvgIpc) is 2.81. The Morgan fingerprint density at radius 1 is 0.722 bits per heavy atom. The highest BCUT2D eigenvalue weighted by Crippen LogP contribution is 2.13. The minimum Gasteiger partial charge on any atom is -0.480 e. The van der Waals surface area contributed by atoms with Gasteiger partial charge < -0.3 is 26.0 Å². The van der Waals surface area contributed by atoms with Gasteiger partial charge in [-0.15, -0.1) is 0 Å². The lowest BCUT2D eigenvalue weighted by molar-refractivity contribution is -0.881. The zero-order valence-electron chi connectivity index (χ0n) is 23.6. The van der Waals surface area contributed by atoms with Gasteiger partial charge in [-0.2, -0.15) is 0 Å². The lowest BCUT2D eigenvalue weighted by atomic mass is 10.0. The molecular weight excluding hydrogens is 456 g/mol. The van der Waals surface area contributed by atoms with Gasteiger partial charge in [0.15, 0.2) is 6.54 Å². The highest BCUT2D eigenvalue weighted by atomic mass is 16.4. The summed E-state index contributed by atoms with van der Waals surface area (Å²) < 4.78 is 0.495. The van der Waals surface area contributed by atoms with Gasteiger partial charge in [0.05, 0.1) is 27.2 Å². The van der Waals surface area contributed by atoms with Crippen LogP contribution in [0.1, 0.15) is 116 Å². The van der Waals surface area contributed by atoms with Gasteiger partial charge in [-0.3, -0.25) is 14.4 Å². The van der Waals surface area contributed by atoms with E-state index in [0.717, 1.165) is 12.8 Å². The molecule has 0 aromatic rings. The molecule has 212 valence electrons. The topological polar surface area (TPSA) is 122 Å². The Hall–Kier alpha value is -1.67. The fourth-order valence-electron chi connectivity index (χ4n) is 4.25. The van der Waals surface area contributed by atoms with Crippen molar-refractivity contribution >= 4 is 17.8 Å². The summed E-state index contributed by atoms with van der Waals surface area (Å²) in [6.45, 7) is 4.36. The van der Waals surface area contributed by atoms with Gasteiger partial charge in [-0.1, -0.05) is 84.0 Å². The molecule has 0 aliphatic rings. The van der Waals surface area contributed by atoms with Crippen LogP contribution in [0.15, 0.2) is 0 Å². The number of likely N-dealkylation sites (N-methyl/N-ethyl adjacent to an activating group) is 1. The largest absolute Gasteiger partial charge is 0.480 e. The number of carboxylic acids is 1. The molecule has 0 saturated heterocycles. The molecule has 8 heteroatoms. The van der Waals surface area contributed by atoms with Crippen LogP contribution in [-0.4, -0.2) is 73.7 Å². The van der Waals surface area contributed by atoms with Crippen molar-refractivity contribution in [1.29, 1.82) is 0 Å². The van der Waals surface area contributed by atoms with Gasteiger partial charge in [-0.05, 0) is 25.7 Å². The SMILES string of the molecule is CCCCCCCCCCCCCCCC(=O)NCC[N+](C)(C)CC(=O)NCCCCC(N)C(=O)O. The van der Waals surface area contributed by atoms with Crippen molar-refractivity contribution in [3.05, 3.63) is 0 Å². The molecule has 0 aromatic heterocycles. The lowest BCUT2D eigenvalue weighted by Crippen LogP contribution is -2.50. The summed E-state index contributed by atoms with van der Waals surface area (Å²) in [6.07, 6.45) is 19.2. The molecule has 0 heterocycles. The minimum absolute atomic E-state index is 0.0409. The summed E-state index contributed by atoms with van der Waals surface area (Å²) in [6, 6.07) is -0.837. The third kappa shape index (κ3) is 22.8. The molecule has 0 radical (unpaired) electrons. The molecule has 0 aliphatic carbocycles. The number of nitrogens with two attached hydrogens (primary N) is 1. The number of nitrogens with zero attached hydrogens (tertiary/aromatic N) is 1. The van der Waals surface area contributed by atoms with E-state index in [1.165, 1.54) is 70.6 Å². The van der Waals surface area contributed by atoms with Gasteiger partial charge in [0.1, 0.15) is 6.04 Å². The number of quaternary nitrogens is 1. The number of unbranched alkanes of at least 4 members (excludes halogenated alkanes) is 13. The first-order chi connectivity index (χ1) is 17.2. The molecule has 0 bridgehead atoms. The van der Waals surface area contributed by atoms with Crippen LogP contribution in [0.25, 0.3) is 0 Å². The molecule has 1 unspecified atom stereocenters. The summed E-state index contributed by atoms with van der Waals surface area (Å²) in [4.78, 5) is 35.0. The predicted octanol–water partition coefficient (Wildman–Crippen LogP) is 4.36. The van der Waals surface area contributed by atoms with E-state index < -0.39 is 12.0 Å². The number of aliphatic carboxylic acids is 1. The monoisotopic (exact) mass is 513 g/mol. The number of hydrogen-bond acceptors (Lipinski definition) is 4. The molecule has 36 heavy (non-hydrogen) atoms. The fraction of sp³-hybridized carbons (Fsp3) is 0.893. The summed E-state index contributed by atoms with van der Waals surface area (Å²) in [5, 5.41) is 14.6. The van der Waals surface area contributed by atoms with Gasteiger partial charge in [0, 0.05) is 13.0 Å². The molecule has 0 aliphatic heterocycles. The Morgan fingerprint density at radius 3 is 1.75 bits per heavy atom. The molecule has 0 fully saturated rings. The highest BCUT2D eigenvalue weighted by molar-refractivity contribution is 5.77. The number of carbonyl (C=O) groups is 3. The number of carboxylic acid groups (broad SMARTS) is 1. The lowest BCUT2D eigenvalue weighted by Gasteiger charge is -2.29. The maximum Gasteiger partial charge on any atom is 0.320 e. The second kappa shape index (κ2) is 22.5. The van der Waals surface area contributed by atoms with E-state index >= 15 is 0 Å². The summed E-state index contributed by atoms with van der Waals surface area (Å²) >= 11 is 0. The number of rotatable bonds is 25. The van der Waals surface area contributed by atoms with Crippen molar-refractivity contribution in [2.75, 3.05) is 40.3 Å². The Balaban J connectivity index is 3.62. The second-order valence-corrected chi connectivity index (χ2v) is 11.0. The van der Waals surface area contributed by atoms with Crippen LogP contribution in [0.3, 0.4) is 0 Å². The smallest absolute Gasteiger partial charge is 0.320 e. The summed E-state index contributed by atoms with van der Waals surface area (Å²) in [5.74, 6) is -0.933. The van der Waals surface area contributed by atoms with E-state index in [2.05, 4.69) is 17.6 Å². The normalized spacial score (nSPS) is 12.3. The molecule has 0 rings (SSSR count). The van der Waals surface area contributed by atoms with E-state index in [1.807, 2.05) is 14.1 Å². The number of nitrogens with one attached hydrogen (secondary N) is 2. The number of carbonyl (C=O) groups excluding carboxylic acids is 2. The van der Waals surface area contributed by atoms with Crippen LogP contribution in [0.4, 0.5) is 0 Å². The minimum atomic E-state index is -0.991. The zero-order chi connectivity index (χ0) is 27.1. The van der Waals surface area contributed by atoms with Crippen LogP contribution in [0, 0.1) is 0 Å². The number of hydrogen-bond donors (Lipinski definition) is 4. The van der Waals surface area contributed by atoms with Crippen molar-refractivity contribution in [3.63, 3.8) is 0 Å². The highest BCUT2D eigenvalue weighted by Gasteiger charge is 2.20. The van der Waals surface area contributed by atoms with E-state index in [0.29, 0.717) is 56.3 Å². The van der Waals surface area contributed by atoms with Crippen molar-refractivity contribution in [2.24, 2.45) is 5.73 Å². The molecule has 8 nitrogen and oxygen atoms in total. The second-order valence-electron chi connectivity index (χ2n) is 11.0. The molecule has 0 saturated carbocycles. The Morgan fingerprint density at radius 2 is 1.22 bits per heavy atom. The Labute approximate surface area is 220 Å². The van der Waals surface area contributed by atoms with Crippen LogP contribution in [-0.2, 0) is 14.4 Å². The van der Waals surface area contributed by atoms with E-state index in [9.17, 15) is 14.4 Å². The van der Waals surface area contributed by atoms with Gasteiger partial charge in [0.2, 0.25) is 5.91 Å². The average molecular weight is 514 g/mol. The first-order valence-electron chi connectivity index (χ1n) is 14.5. The third-order valence-electron chi connectivity index (χ3n) is 6.70. The first kappa shape index (κ1) is 34.3. The molecule has 1 atom stereocenters. The van der Waals surface area contributed by atoms with Gasteiger partial charge in [-0.25, -0.2) is 0 Å². The van der Waals surface area contributed by atoms with E-state index in [-0.39, 0.29) is 11.8 Å². The summed E-state index contributed by atoms with van der Waals surface area (Å²) in [7, 11) is 3.95. The predicted molar refractivity (Wildman–Crippen MR) is 148 cm³/mol. The van der Waals surface area contributed by atoms with Crippen molar-refractivity contribution in [3.8, 4) is 0 Å². The molecule has 0 aromatic carbocycles. The van der Waals surface area contributed by atoms with Crippen LogP contribution >= 0.6 is 0 Å². The zero-order valence-corrected chi connectivity index (χ0v) is 23.6. The number of amides is 2. The quantitative estimate of drug-likeness (QED) is 0.107. The standard InChI is InChI=1S/C28H56N4O4/c1-4-5-6-7-8-9-10-11-12-13-14-15-16-20-26(33)31-22-23-32(2,3)24-27(34)30-21-18-17-19-25(29)28(35)36/h25H,4-24,29H2,1-3H3,(H2-,30,31,33,34,35,36)/p+1. The van der Waals surface area contributed by atoms with Crippen molar-refractivity contribution in [1.82, 2.24) is 10.6 Å². The van der Waals surface area contributed by atoms with E-state index in [4.69, 9.17) is 10.8 Å². The maximum absolute atomic E-state index is 12.2. The third-order valence-corrected chi connectivity index (χ3v) is 6.70. The van der Waals surface area contributed by atoms with Crippen LogP contribution in [0.5, 0.6) is 0 Å². The Kier molecular flexibility index (Phi) is 21.5. The van der Waals surface area contributed by atoms with Crippen LogP contribution in [0.2, 0.25) is 0 Å². The fourth-order valence-corrected chi connectivity index (χ4v) is 4.25. The van der Waals surface area contributed by atoms with Crippen LogP contribution < -0.4 is 16.4 Å². The maximum atomic E-state index is 12.2. The van der Waals surface area contributed by atoms with Gasteiger partial charge in [0.25, 0.3) is 5.91 Å². The van der Waals surface area contributed by atoms with Crippen molar-refractivity contribution < 1.29 is 24.0 Å². The molecule has 2 amide bonds. The molecule has 0 spiro atoms. The molecular formula is C28H57N4O4+. The molecule has 5 N–H and O–H groups in total. The Bertz CT molecular complexity index is 584. The summed E-state index contributed by atoms with van der Waals surface area (Å²) in [5.41, 5.74) is 5.47. The first-order valence-corrected chi connectivity index (χ1v) is 14.5. The van der Waals surface area contributed by atoms with Crippen molar-refractivity contribution in [2.45, 2.75) is 122 Å². The van der Waals surface area contributed by atoms with Gasteiger partial charge >= 0.3 is 5.97 Å². The van der Waals surface area contributed by atoms with E-state index in [1.54, 1.807) is 0 Å².